The smallest absolute Gasteiger partial charge is 0.314 e. The molecule has 0 aromatic heterocycles. The first-order chi connectivity index (χ1) is 11.0. The Labute approximate surface area is 135 Å². The minimum Gasteiger partial charge on any atom is -0.481 e. The van der Waals surface area contributed by atoms with E-state index in [4.69, 9.17) is 5.11 Å². The first kappa shape index (κ1) is 17.0. The Kier molecular flexibility index (Phi) is 5.33. The fraction of sp³-hybridized carbons (Fsp3) is 0.368. The summed E-state index contributed by atoms with van der Waals surface area (Å²) >= 11 is 0. The van der Waals surface area contributed by atoms with Crippen molar-refractivity contribution in [2.75, 3.05) is 0 Å². The van der Waals surface area contributed by atoms with Crippen LogP contribution in [0.25, 0.3) is 0 Å². The van der Waals surface area contributed by atoms with Gasteiger partial charge in [-0.2, -0.15) is 5.26 Å². The number of halogens is 1. The van der Waals surface area contributed by atoms with Crippen molar-refractivity contribution in [1.82, 2.24) is 0 Å². The zero-order chi connectivity index (χ0) is 16.9. The average Bonchev–Trinajstić information content (AvgIpc) is 2.56. The quantitative estimate of drug-likeness (QED) is 0.621. The summed E-state index contributed by atoms with van der Waals surface area (Å²) in [6, 6.07) is 9.07. The van der Waals surface area contributed by atoms with E-state index >= 15 is 0 Å². The summed E-state index contributed by atoms with van der Waals surface area (Å²) < 4.78 is 15.0. The second-order valence-electron chi connectivity index (χ2n) is 5.82. The van der Waals surface area contributed by atoms with Gasteiger partial charge in [-0.1, -0.05) is 56.5 Å². The van der Waals surface area contributed by atoms with E-state index in [1.165, 1.54) is 6.08 Å². The Hall–Kier alpha value is -2.41. The lowest BCUT2D eigenvalue weighted by molar-refractivity contribution is -0.138. The molecule has 0 saturated carbocycles. The van der Waals surface area contributed by atoms with Gasteiger partial charge >= 0.3 is 5.97 Å². The number of hydrogen-bond donors (Lipinski definition) is 1. The second-order valence-corrected chi connectivity index (χ2v) is 5.82. The molecule has 0 saturated heterocycles. The van der Waals surface area contributed by atoms with E-state index in [1.54, 1.807) is 30.3 Å². The number of allylic oxidation sites excluding steroid dienone is 2. The van der Waals surface area contributed by atoms with Crippen LogP contribution in [-0.2, 0) is 10.2 Å². The average molecular weight is 313 g/mol. The monoisotopic (exact) mass is 313 g/mol. The fourth-order valence-corrected chi connectivity index (χ4v) is 3.04. The van der Waals surface area contributed by atoms with Gasteiger partial charge in [0.1, 0.15) is 5.83 Å². The van der Waals surface area contributed by atoms with E-state index in [0.717, 1.165) is 25.3 Å². The highest BCUT2D eigenvalue weighted by molar-refractivity contribution is 5.75. The molecule has 1 aromatic carbocycles. The molecule has 1 aromatic rings. The molecule has 4 heteroatoms. The van der Waals surface area contributed by atoms with Crippen molar-refractivity contribution in [2.45, 2.75) is 38.0 Å². The number of rotatable bonds is 6. The van der Waals surface area contributed by atoms with Crippen LogP contribution in [0.15, 0.2) is 48.3 Å². The number of carbonyl (C=O) groups is 1. The van der Waals surface area contributed by atoms with Crippen LogP contribution in [0.5, 0.6) is 0 Å². The highest BCUT2D eigenvalue weighted by atomic mass is 19.1. The van der Waals surface area contributed by atoms with Crippen molar-refractivity contribution in [3.05, 3.63) is 59.4 Å². The summed E-state index contributed by atoms with van der Waals surface area (Å²) in [6.45, 7) is 2.07. The summed E-state index contributed by atoms with van der Waals surface area (Å²) in [7, 11) is 0. The van der Waals surface area contributed by atoms with Gasteiger partial charge in [0.05, 0.1) is 23.0 Å². The normalized spacial score (nSPS) is 23.2. The van der Waals surface area contributed by atoms with E-state index in [9.17, 15) is 14.4 Å². The molecule has 23 heavy (non-hydrogen) atoms. The van der Waals surface area contributed by atoms with Crippen molar-refractivity contribution in [1.29, 1.82) is 5.26 Å². The number of nitriles is 1. The van der Waals surface area contributed by atoms with Gasteiger partial charge in [-0.25, -0.2) is 4.39 Å². The summed E-state index contributed by atoms with van der Waals surface area (Å²) in [5, 5.41) is 18.4. The molecule has 0 amide bonds. The number of unbranched alkanes of at least 4 members (excludes halogenated alkanes) is 2. The van der Waals surface area contributed by atoms with Crippen molar-refractivity contribution in [3.8, 4) is 6.07 Å². The zero-order valence-electron chi connectivity index (χ0n) is 13.1. The Morgan fingerprint density at radius 1 is 1.39 bits per heavy atom. The Balaban J connectivity index is 2.51. The van der Waals surface area contributed by atoms with Crippen molar-refractivity contribution in [2.24, 2.45) is 5.92 Å². The maximum Gasteiger partial charge on any atom is 0.314 e. The number of hydrogen-bond acceptors (Lipinski definition) is 2. The van der Waals surface area contributed by atoms with Gasteiger partial charge in [-0.05, 0) is 24.1 Å². The lowest BCUT2D eigenvalue weighted by Gasteiger charge is -2.34. The largest absolute Gasteiger partial charge is 0.481 e. The van der Waals surface area contributed by atoms with Gasteiger partial charge in [0.2, 0.25) is 0 Å². The van der Waals surface area contributed by atoms with Crippen LogP contribution < -0.4 is 0 Å². The van der Waals surface area contributed by atoms with E-state index in [0.29, 0.717) is 17.5 Å². The van der Waals surface area contributed by atoms with Crippen LogP contribution in [0, 0.1) is 17.2 Å². The summed E-state index contributed by atoms with van der Waals surface area (Å²) in [6.07, 6.45) is 7.59. The fourth-order valence-electron chi connectivity index (χ4n) is 3.04. The molecule has 0 fully saturated rings. The first-order valence-electron chi connectivity index (χ1n) is 7.84. The summed E-state index contributed by atoms with van der Waals surface area (Å²) in [5.41, 5.74) is -0.00797. The first-order valence-corrected chi connectivity index (χ1v) is 7.84. The molecule has 1 aliphatic carbocycles. The van der Waals surface area contributed by atoms with Crippen LogP contribution in [0.4, 0.5) is 4.39 Å². The lowest BCUT2D eigenvalue weighted by atomic mass is 9.70. The molecule has 0 heterocycles. The molecule has 1 N–H and O–H groups in total. The van der Waals surface area contributed by atoms with Crippen LogP contribution >= 0.6 is 0 Å². The Morgan fingerprint density at radius 3 is 2.74 bits per heavy atom. The summed E-state index contributed by atoms with van der Waals surface area (Å²) in [4.78, 5) is 11.1. The number of carboxylic acid groups (broad SMARTS) is 1. The van der Waals surface area contributed by atoms with Gasteiger partial charge in [-0.3, -0.25) is 4.79 Å². The number of nitrogens with zero attached hydrogens (tertiary/aromatic N) is 1. The minimum atomic E-state index is -1.08. The zero-order valence-corrected chi connectivity index (χ0v) is 13.1. The second kappa shape index (κ2) is 7.23. The van der Waals surface area contributed by atoms with Gasteiger partial charge in [0.15, 0.2) is 0 Å². The van der Waals surface area contributed by atoms with Gasteiger partial charge in [-0.15, -0.1) is 0 Å². The minimum absolute atomic E-state index is 0.422. The maximum atomic E-state index is 15.0. The summed E-state index contributed by atoms with van der Waals surface area (Å²) in [5.74, 6) is -2.51. The van der Waals surface area contributed by atoms with Crippen LogP contribution in [0.3, 0.4) is 0 Å². The standard InChI is InChI=1S/C19H20FNO2/c1-2-3-6-10-19(16-8-5-4-7-15(16)13-21)11-9-14(18(22)23)12-17(19)20/h4-5,7-9,11-12,14H,2-3,6,10H2,1H3,(H,22,23). The molecule has 0 spiro atoms. The molecule has 1 aliphatic rings. The third kappa shape index (κ3) is 3.34. The maximum absolute atomic E-state index is 15.0. The van der Waals surface area contributed by atoms with Crippen LogP contribution in [0.2, 0.25) is 0 Å². The molecule has 2 unspecified atom stereocenters. The van der Waals surface area contributed by atoms with E-state index in [2.05, 4.69) is 13.0 Å². The molecule has 0 aliphatic heterocycles. The SMILES string of the molecule is CCCCCC1(c2ccccc2C#N)C=CC(C(=O)O)C=C1F. The number of aliphatic carboxylic acids is 1. The molecular weight excluding hydrogens is 293 g/mol. The van der Waals surface area contributed by atoms with Crippen molar-refractivity contribution < 1.29 is 14.3 Å². The third-order valence-corrected chi connectivity index (χ3v) is 4.33. The van der Waals surface area contributed by atoms with Crippen LogP contribution in [0.1, 0.15) is 43.7 Å². The topological polar surface area (TPSA) is 61.1 Å². The predicted octanol–water partition coefficient (Wildman–Crippen LogP) is 4.50. The van der Waals surface area contributed by atoms with Gasteiger partial charge in [0, 0.05) is 0 Å². The molecule has 3 nitrogen and oxygen atoms in total. The predicted molar refractivity (Wildman–Crippen MR) is 86.4 cm³/mol. The highest BCUT2D eigenvalue weighted by Gasteiger charge is 2.39. The van der Waals surface area contributed by atoms with Crippen molar-refractivity contribution >= 4 is 5.97 Å². The molecule has 2 rings (SSSR count). The Morgan fingerprint density at radius 2 is 2.13 bits per heavy atom. The molecule has 0 radical (unpaired) electrons. The number of carboxylic acids is 1. The van der Waals surface area contributed by atoms with Gasteiger partial charge in [0.25, 0.3) is 0 Å². The van der Waals surface area contributed by atoms with Crippen molar-refractivity contribution in [3.63, 3.8) is 0 Å². The molecule has 120 valence electrons. The molecular formula is C19H20FNO2. The molecule has 2 atom stereocenters. The van der Waals surface area contributed by atoms with Gasteiger partial charge < -0.3 is 5.11 Å². The molecule has 0 bridgehead atoms. The van der Waals surface area contributed by atoms with E-state index in [-0.39, 0.29) is 0 Å². The van der Waals surface area contributed by atoms with E-state index < -0.39 is 23.1 Å². The Bertz CT molecular complexity index is 687. The third-order valence-electron chi connectivity index (χ3n) is 4.33. The van der Waals surface area contributed by atoms with Crippen LogP contribution in [-0.4, -0.2) is 11.1 Å². The lowest BCUT2D eigenvalue weighted by Crippen LogP contribution is -2.30. The van der Waals surface area contributed by atoms with E-state index in [1.807, 2.05) is 0 Å². The highest BCUT2D eigenvalue weighted by Crippen LogP contribution is 2.44. The number of benzene rings is 1.